The summed E-state index contributed by atoms with van der Waals surface area (Å²) >= 11 is 6.77. The lowest BCUT2D eigenvalue weighted by molar-refractivity contribution is 0.908. The topological polar surface area (TPSA) is 25.8 Å². The van der Waals surface area contributed by atoms with E-state index in [9.17, 15) is 0 Å². The first-order valence-electron chi connectivity index (χ1n) is 3.48. The second-order valence-electron chi connectivity index (χ2n) is 2.59. The summed E-state index contributed by atoms with van der Waals surface area (Å²) in [6, 6.07) is 0. The molecule has 1 aromatic rings. The molecular weight excluding hydrogens is 272 g/mol. The first-order valence-corrected chi connectivity index (χ1v) is 5.07. The number of hydrogen-bond acceptors (Lipinski definition) is 2. The van der Waals surface area contributed by atoms with E-state index in [1.165, 1.54) is 17.5 Å². The minimum Gasteiger partial charge on any atom is -0.142 e. The summed E-state index contributed by atoms with van der Waals surface area (Å²) in [5.41, 5.74) is 2.65. The first-order chi connectivity index (χ1) is 5.29. The zero-order valence-electron chi connectivity index (χ0n) is 5.77. The maximum Gasteiger partial charge on any atom is 0.132 e. The van der Waals surface area contributed by atoms with E-state index in [4.69, 9.17) is 0 Å². The molecule has 0 fully saturated rings. The van der Waals surface area contributed by atoms with Crippen LogP contribution in [-0.4, -0.2) is 10.2 Å². The molecule has 2 nitrogen and oxygen atoms in total. The van der Waals surface area contributed by atoms with Gasteiger partial charge in [-0.15, -0.1) is 10.2 Å². The highest BCUT2D eigenvalue weighted by Gasteiger charge is 2.18. The van der Waals surface area contributed by atoms with Gasteiger partial charge in [0.15, 0.2) is 0 Å². The largest absolute Gasteiger partial charge is 0.142 e. The molecule has 0 bridgehead atoms. The number of fused-ring (bicyclic) bond motifs is 1. The van der Waals surface area contributed by atoms with Crippen molar-refractivity contribution in [2.24, 2.45) is 0 Å². The van der Waals surface area contributed by atoms with Gasteiger partial charge in [0.1, 0.15) is 9.21 Å². The van der Waals surface area contributed by atoms with E-state index in [1.54, 1.807) is 0 Å². The van der Waals surface area contributed by atoms with Gasteiger partial charge in [-0.3, -0.25) is 0 Å². The number of halogens is 2. The van der Waals surface area contributed by atoms with E-state index < -0.39 is 0 Å². The Morgan fingerprint density at radius 1 is 0.909 bits per heavy atom. The smallest absolute Gasteiger partial charge is 0.132 e. The van der Waals surface area contributed by atoms with Crippen molar-refractivity contribution in [3.8, 4) is 0 Å². The van der Waals surface area contributed by atoms with Gasteiger partial charge in [-0.2, -0.15) is 0 Å². The molecule has 0 spiro atoms. The van der Waals surface area contributed by atoms with Crippen LogP contribution in [0.25, 0.3) is 0 Å². The van der Waals surface area contributed by atoms with E-state index in [-0.39, 0.29) is 0 Å². The SMILES string of the molecule is Brc1nnc(Br)c2c1CCC2. The molecule has 0 saturated heterocycles. The molecular formula is C7H6Br2N2. The average molecular weight is 278 g/mol. The Morgan fingerprint density at radius 3 is 1.82 bits per heavy atom. The van der Waals surface area contributed by atoms with Crippen LogP contribution in [0.5, 0.6) is 0 Å². The summed E-state index contributed by atoms with van der Waals surface area (Å²) in [6.45, 7) is 0. The number of nitrogens with zero attached hydrogens (tertiary/aromatic N) is 2. The van der Waals surface area contributed by atoms with E-state index in [0.29, 0.717) is 0 Å². The Balaban J connectivity index is 2.64. The summed E-state index contributed by atoms with van der Waals surface area (Å²) < 4.78 is 1.82. The van der Waals surface area contributed by atoms with Gasteiger partial charge in [0.25, 0.3) is 0 Å². The van der Waals surface area contributed by atoms with E-state index >= 15 is 0 Å². The molecule has 0 amide bonds. The Kier molecular flexibility index (Phi) is 1.97. The zero-order chi connectivity index (χ0) is 7.84. The summed E-state index contributed by atoms with van der Waals surface area (Å²) in [4.78, 5) is 0. The third-order valence-electron chi connectivity index (χ3n) is 1.94. The average Bonchev–Trinajstić information content (AvgIpc) is 2.45. The van der Waals surface area contributed by atoms with E-state index in [1.807, 2.05) is 0 Å². The maximum absolute atomic E-state index is 3.97. The fourth-order valence-corrected chi connectivity index (χ4v) is 2.44. The summed E-state index contributed by atoms with van der Waals surface area (Å²) in [6.07, 6.45) is 3.48. The quantitative estimate of drug-likeness (QED) is 0.728. The van der Waals surface area contributed by atoms with Gasteiger partial charge in [-0.05, 0) is 62.2 Å². The Morgan fingerprint density at radius 2 is 1.36 bits per heavy atom. The van der Waals surface area contributed by atoms with Crippen LogP contribution in [0.3, 0.4) is 0 Å². The second kappa shape index (κ2) is 2.83. The lowest BCUT2D eigenvalue weighted by Crippen LogP contribution is -1.93. The van der Waals surface area contributed by atoms with Crippen molar-refractivity contribution < 1.29 is 0 Å². The zero-order valence-corrected chi connectivity index (χ0v) is 8.94. The Hall–Kier alpha value is 0.0400. The van der Waals surface area contributed by atoms with Crippen LogP contribution in [0, 0.1) is 0 Å². The molecule has 4 heteroatoms. The van der Waals surface area contributed by atoms with Crippen LogP contribution in [0.4, 0.5) is 0 Å². The van der Waals surface area contributed by atoms with Crippen molar-refractivity contribution in [2.75, 3.05) is 0 Å². The fraction of sp³-hybridized carbons (Fsp3) is 0.429. The van der Waals surface area contributed by atoms with Crippen LogP contribution >= 0.6 is 31.9 Å². The standard InChI is InChI=1S/C7H6Br2N2/c8-6-4-2-1-3-5(4)7(9)11-10-6/h1-3H2. The van der Waals surface area contributed by atoms with Crippen molar-refractivity contribution >= 4 is 31.9 Å². The van der Waals surface area contributed by atoms with Gasteiger partial charge in [0.2, 0.25) is 0 Å². The van der Waals surface area contributed by atoms with Crippen LogP contribution < -0.4 is 0 Å². The molecule has 0 saturated carbocycles. The minimum atomic E-state index is 0.910. The second-order valence-corrected chi connectivity index (χ2v) is 4.09. The Labute approximate surface area is 81.7 Å². The van der Waals surface area contributed by atoms with Gasteiger partial charge in [-0.25, -0.2) is 0 Å². The first kappa shape index (κ1) is 7.68. The van der Waals surface area contributed by atoms with Gasteiger partial charge < -0.3 is 0 Å². The monoisotopic (exact) mass is 276 g/mol. The predicted molar refractivity (Wildman–Crippen MR) is 49.5 cm³/mol. The number of hydrogen-bond donors (Lipinski definition) is 0. The van der Waals surface area contributed by atoms with E-state index in [0.717, 1.165) is 22.0 Å². The van der Waals surface area contributed by atoms with E-state index in [2.05, 4.69) is 42.1 Å². The molecule has 0 unspecified atom stereocenters. The molecule has 1 aliphatic carbocycles. The molecule has 0 N–H and O–H groups in total. The van der Waals surface area contributed by atoms with Gasteiger partial charge in [0, 0.05) is 0 Å². The molecule has 0 aromatic carbocycles. The minimum absolute atomic E-state index is 0.910. The highest BCUT2D eigenvalue weighted by atomic mass is 79.9. The van der Waals surface area contributed by atoms with Crippen molar-refractivity contribution in [1.82, 2.24) is 10.2 Å². The van der Waals surface area contributed by atoms with Gasteiger partial charge >= 0.3 is 0 Å². The van der Waals surface area contributed by atoms with Gasteiger partial charge in [-0.1, -0.05) is 0 Å². The molecule has 1 aliphatic rings. The normalized spacial score (nSPS) is 15.1. The molecule has 2 rings (SSSR count). The van der Waals surface area contributed by atoms with Crippen LogP contribution in [0.1, 0.15) is 17.5 Å². The predicted octanol–water partition coefficient (Wildman–Crippen LogP) is 2.49. The molecule has 0 atom stereocenters. The molecule has 58 valence electrons. The summed E-state index contributed by atoms with van der Waals surface area (Å²) in [7, 11) is 0. The molecule has 0 aliphatic heterocycles. The molecule has 11 heavy (non-hydrogen) atoms. The van der Waals surface area contributed by atoms with Crippen LogP contribution in [0.15, 0.2) is 9.21 Å². The third-order valence-corrected chi connectivity index (χ3v) is 3.22. The van der Waals surface area contributed by atoms with Crippen LogP contribution in [-0.2, 0) is 12.8 Å². The van der Waals surface area contributed by atoms with Crippen molar-refractivity contribution in [1.29, 1.82) is 0 Å². The van der Waals surface area contributed by atoms with Crippen molar-refractivity contribution in [2.45, 2.75) is 19.3 Å². The van der Waals surface area contributed by atoms with Crippen molar-refractivity contribution in [3.05, 3.63) is 20.3 Å². The third kappa shape index (κ3) is 1.22. The molecule has 0 radical (unpaired) electrons. The Bertz CT molecular complexity index is 270. The lowest BCUT2D eigenvalue weighted by atomic mass is 10.2. The van der Waals surface area contributed by atoms with Gasteiger partial charge in [0.05, 0.1) is 0 Å². The molecule has 1 heterocycles. The fourth-order valence-electron chi connectivity index (χ4n) is 1.41. The summed E-state index contributed by atoms with van der Waals surface area (Å²) in [5, 5.41) is 7.94. The maximum atomic E-state index is 3.97. The highest BCUT2D eigenvalue weighted by Crippen LogP contribution is 2.30. The van der Waals surface area contributed by atoms with Crippen LogP contribution in [0.2, 0.25) is 0 Å². The summed E-state index contributed by atoms with van der Waals surface area (Å²) in [5.74, 6) is 0. The lowest BCUT2D eigenvalue weighted by Gasteiger charge is -2.00. The number of rotatable bonds is 0. The van der Waals surface area contributed by atoms with Crippen molar-refractivity contribution in [3.63, 3.8) is 0 Å². The highest BCUT2D eigenvalue weighted by molar-refractivity contribution is 9.10. The number of aromatic nitrogens is 2. The molecule has 1 aromatic heterocycles.